The van der Waals surface area contributed by atoms with Crippen molar-refractivity contribution in [3.63, 3.8) is 0 Å². The number of ether oxygens (including phenoxy) is 4. The summed E-state index contributed by atoms with van der Waals surface area (Å²) in [5.74, 6) is -0.841. The van der Waals surface area contributed by atoms with Gasteiger partial charge in [0.2, 0.25) is 5.75 Å². The summed E-state index contributed by atoms with van der Waals surface area (Å²) in [7, 11) is 4.31. The molecule has 224 valence electrons. The van der Waals surface area contributed by atoms with E-state index in [-0.39, 0.29) is 45.3 Å². The smallest absolute Gasteiger partial charge is 0.343 e. The second kappa shape index (κ2) is 14.1. The van der Waals surface area contributed by atoms with Gasteiger partial charge in [0.05, 0.1) is 49.3 Å². The second-order valence-electron chi connectivity index (χ2n) is 8.84. The first-order valence-electron chi connectivity index (χ1n) is 12.8. The Bertz CT molecular complexity index is 1710. The van der Waals surface area contributed by atoms with E-state index >= 15 is 0 Å². The van der Waals surface area contributed by atoms with Gasteiger partial charge in [-0.25, -0.2) is 10.2 Å². The Hall–Kier alpha value is -6.24. The fourth-order valence-corrected chi connectivity index (χ4v) is 3.98. The second-order valence-corrected chi connectivity index (χ2v) is 8.84. The molecule has 13 heteroatoms. The Balaban J connectivity index is 1.46. The van der Waals surface area contributed by atoms with E-state index in [0.29, 0.717) is 11.3 Å². The monoisotopic (exact) mass is 598 g/mol. The number of nitrogens with zero attached hydrogens (tertiary/aromatic N) is 2. The van der Waals surface area contributed by atoms with Crippen LogP contribution in [0.15, 0.2) is 90.0 Å². The number of nitro benzene ring substituents is 1. The van der Waals surface area contributed by atoms with Gasteiger partial charge in [-0.3, -0.25) is 19.7 Å². The van der Waals surface area contributed by atoms with Crippen molar-refractivity contribution in [2.24, 2.45) is 5.10 Å². The Kier molecular flexibility index (Phi) is 9.84. The molecule has 0 unspecified atom stereocenters. The molecule has 4 aromatic carbocycles. The van der Waals surface area contributed by atoms with Gasteiger partial charge in [0.25, 0.3) is 17.5 Å². The van der Waals surface area contributed by atoms with Crippen molar-refractivity contribution in [2.45, 2.75) is 0 Å². The summed E-state index contributed by atoms with van der Waals surface area (Å²) in [6.07, 6.45) is 1.29. The normalized spacial score (nSPS) is 10.5. The molecule has 4 rings (SSSR count). The highest BCUT2D eigenvalue weighted by molar-refractivity contribution is 6.09. The minimum absolute atomic E-state index is 0.112. The Labute approximate surface area is 251 Å². The van der Waals surface area contributed by atoms with E-state index in [4.69, 9.17) is 18.9 Å². The Morgan fingerprint density at radius 1 is 0.773 bits per heavy atom. The molecule has 0 aliphatic rings. The van der Waals surface area contributed by atoms with E-state index in [9.17, 15) is 24.5 Å². The lowest BCUT2D eigenvalue weighted by Gasteiger charge is -2.15. The van der Waals surface area contributed by atoms with E-state index < -0.39 is 22.7 Å². The van der Waals surface area contributed by atoms with E-state index in [1.54, 1.807) is 36.4 Å². The van der Waals surface area contributed by atoms with Crippen molar-refractivity contribution in [3.8, 4) is 23.0 Å². The van der Waals surface area contributed by atoms with Crippen LogP contribution in [0.25, 0.3) is 0 Å². The van der Waals surface area contributed by atoms with Crippen LogP contribution in [0.5, 0.6) is 23.0 Å². The number of nitrogens with one attached hydrogen (secondary N) is 2. The van der Waals surface area contributed by atoms with Crippen LogP contribution in [-0.2, 0) is 0 Å². The maximum atomic E-state index is 13.1. The van der Waals surface area contributed by atoms with Crippen LogP contribution in [-0.4, -0.2) is 50.3 Å². The number of hydrogen-bond acceptors (Lipinski definition) is 10. The van der Waals surface area contributed by atoms with E-state index in [0.717, 1.165) is 0 Å². The molecule has 0 atom stereocenters. The third-order valence-corrected chi connectivity index (χ3v) is 6.15. The number of non-ortho nitro benzene ring substituents is 1. The molecule has 0 heterocycles. The highest BCUT2D eigenvalue weighted by atomic mass is 16.6. The zero-order valence-electron chi connectivity index (χ0n) is 23.7. The van der Waals surface area contributed by atoms with Crippen LogP contribution in [0.1, 0.15) is 36.6 Å². The summed E-state index contributed by atoms with van der Waals surface area (Å²) in [4.78, 5) is 49.0. The Morgan fingerprint density at radius 3 is 2.05 bits per heavy atom. The number of para-hydroxylation sites is 2. The first kappa shape index (κ1) is 30.7. The van der Waals surface area contributed by atoms with Gasteiger partial charge in [0.1, 0.15) is 5.75 Å². The number of methoxy groups -OCH3 is 3. The number of hydrazone groups is 1. The maximum Gasteiger partial charge on any atom is 0.343 e. The lowest BCUT2D eigenvalue weighted by atomic mass is 10.1. The number of amides is 2. The largest absolute Gasteiger partial charge is 0.493 e. The number of esters is 1. The molecule has 0 spiro atoms. The predicted molar refractivity (Wildman–Crippen MR) is 160 cm³/mol. The molecule has 0 saturated carbocycles. The van der Waals surface area contributed by atoms with Crippen molar-refractivity contribution in [2.75, 3.05) is 26.6 Å². The molecule has 2 amide bonds. The first-order valence-corrected chi connectivity index (χ1v) is 12.8. The SMILES string of the molecule is COc1cc(C(=O)Nc2ccccc2C(=O)N/N=C\c2ccccc2OC(=O)c2ccc([N+](=O)[O-])cc2)cc(OC)c1OC. The molecule has 13 nitrogen and oxygen atoms in total. The number of hydrogen-bond donors (Lipinski definition) is 2. The van der Waals surface area contributed by atoms with E-state index in [1.165, 1.54) is 76.1 Å². The molecular formula is C31H26N4O9. The molecule has 0 fully saturated rings. The topological polar surface area (TPSA) is 168 Å². The first-order chi connectivity index (χ1) is 21.2. The van der Waals surface area contributed by atoms with Gasteiger partial charge >= 0.3 is 5.97 Å². The quantitative estimate of drug-likeness (QED) is 0.0806. The van der Waals surface area contributed by atoms with Gasteiger partial charge in [-0.1, -0.05) is 24.3 Å². The number of benzene rings is 4. The van der Waals surface area contributed by atoms with Crippen molar-refractivity contribution in [3.05, 3.63) is 117 Å². The minimum Gasteiger partial charge on any atom is -0.493 e. The summed E-state index contributed by atoms with van der Waals surface area (Å²) in [5, 5.41) is 17.6. The van der Waals surface area contributed by atoms with Gasteiger partial charge in [-0.2, -0.15) is 5.10 Å². The maximum absolute atomic E-state index is 13.1. The summed E-state index contributed by atoms with van der Waals surface area (Å²) in [6.45, 7) is 0. The van der Waals surface area contributed by atoms with Crippen molar-refractivity contribution < 1.29 is 38.3 Å². The fraction of sp³-hybridized carbons (Fsp3) is 0.0968. The van der Waals surface area contributed by atoms with Crippen molar-refractivity contribution >= 4 is 35.4 Å². The standard InChI is InChI=1S/C31H26N4O9/c1-41-26-16-21(17-27(42-2)28(26)43-3)29(36)33-24-10-6-5-9-23(24)30(37)34-32-18-20-8-4-7-11-25(20)44-31(38)19-12-14-22(15-13-19)35(39)40/h4-18H,1-3H3,(H,33,36)(H,34,37)/b32-18-. The molecule has 2 N–H and O–H groups in total. The Morgan fingerprint density at radius 2 is 1.41 bits per heavy atom. The summed E-state index contributed by atoms with van der Waals surface area (Å²) < 4.78 is 21.4. The van der Waals surface area contributed by atoms with Gasteiger partial charge < -0.3 is 24.3 Å². The van der Waals surface area contributed by atoms with Gasteiger partial charge in [0, 0.05) is 23.3 Å². The molecule has 0 saturated heterocycles. The number of anilines is 1. The molecule has 0 aliphatic carbocycles. The molecule has 4 aromatic rings. The fourth-order valence-electron chi connectivity index (χ4n) is 3.98. The number of rotatable bonds is 11. The third kappa shape index (κ3) is 7.15. The van der Waals surface area contributed by atoms with Crippen LogP contribution in [0.4, 0.5) is 11.4 Å². The summed E-state index contributed by atoms with van der Waals surface area (Å²) in [5.41, 5.74) is 3.27. The summed E-state index contributed by atoms with van der Waals surface area (Å²) >= 11 is 0. The van der Waals surface area contributed by atoms with Crippen LogP contribution >= 0.6 is 0 Å². The molecule has 0 aliphatic heterocycles. The van der Waals surface area contributed by atoms with Gasteiger partial charge in [-0.15, -0.1) is 0 Å². The minimum atomic E-state index is -0.735. The summed E-state index contributed by atoms with van der Waals surface area (Å²) in [6, 6.07) is 20.7. The average molecular weight is 599 g/mol. The van der Waals surface area contributed by atoms with Crippen molar-refractivity contribution in [1.82, 2.24) is 5.43 Å². The molecule has 44 heavy (non-hydrogen) atoms. The zero-order valence-corrected chi connectivity index (χ0v) is 23.7. The number of carbonyl (C=O) groups is 3. The highest BCUT2D eigenvalue weighted by Gasteiger charge is 2.19. The van der Waals surface area contributed by atoms with E-state index in [1.807, 2.05) is 0 Å². The molecule has 0 aromatic heterocycles. The third-order valence-electron chi connectivity index (χ3n) is 6.15. The number of nitro groups is 1. The lowest BCUT2D eigenvalue weighted by molar-refractivity contribution is -0.384. The predicted octanol–water partition coefficient (Wildman–Crippen LogP) is 4.86. The highest BCUT2D eigenvalue weighted by Crippen LogP contribution is 2.38. The van der Waals surface area contributed by atoms with E-state index in [2.05, 4.69) is 15.8 Å². The molecule has 0 bridgehead atoms. The van der Waals surface area contributed by atoms with Crippen LogP contribution in [0.3, 0.4) is 0 Å². The van der Waals surface area contributed by atoms with Gasteiger partial charge in [-0.05, 0) is 48.5 Å². The lowest BCUT2D eigenvalue weighted by Crippen LogP contribution is -2.21. The van der Waals surface area contributed by atoms with Crippen LogP contribution in [0, 0.1) is 10.1 Å². The number of carbonyl (C=O) groups excluding carboxylic acids is 3. The average Bonchev–Trinajstić information content (AvgIpc) is 3.04. The van der Waals surface area contributed by atoms with Gasteiger partial charge in [0.15, 0.2) is 11.5 Å². The van der Waals surface area contributed by atoms with Crippen LogP contribution < -0.4 is 29.7 Å². The van der Waals surface area contributed by atoms with Crippen molar-refractivity contribution in [1.29, 1.82) is 0 Å². The van der Waals surface area contributed by atoms with Crippen LogP contribution in [0.2, 0.25) is 0 Å². The zero-order chi connectivity index (χ0) is 31.6. The molecule has 0 radical (unpaired) electrons. The molecular weight excluding hydrogens is 572 g/mol.